The Bertz CT molecular complexity index is 1170. The van der Waals surface area contributed by atoms with Crippen LogP contribution in [0.15, 0.2) is 48.7 Å². The molecule has 1 aliphatic heterocycles. The molecular weight excluding hydrogens is 421 g/mol. The van der Waals surface area contributed by atoms with Crippen molar-refractivity contribution in [3.8, 4) is 11.6 Å². The van der Waals surface area contributed by atoms with Gasteiger partial charge in [-0.3, -0.25) is 4.79 Å². The molecule has 33 heavy (non-hydrogen) atoms. The highest BCUT2D eigenvalue weighted by atomic mass is 19.1. The smallest absolute Gasteiger partial charge is 0.254 e. The second-order valence-corrected chi connectivity index (χ2v) is 8.92. The van der Waals surface area contributed by atoms with Crippen molar-refractivity contribution < 1.29 is 13.9 Å². The number of aromatic nitrogens is 3. The molecule has 172 valence electrons. The quantitative estimate of drug-likeness (QED) is 0.576. The molecule has 0 saturated carbocycles. The molecule has 1 atom stereocenters. The van der Waals surface area contributed by atoms with Crippen molar-refractivity contribution in [1.82, 2.24) is 19.9 Å². The van der Waals surface area contributed by atoms with Gasteiger partial charge in [-0.15, -0.1) is 0 Å². The molecule has 0 N–H and O–H groups in total. The molecule has 8 heteroatoms. The zero-order valence-electron chi connectivity index (χ0n) is 19.4. The van der Waals surface area contributed by atoms with E-state index in [1.807, 2.05) is 36.9 Å². The molecule has 1 aromatic carbocycles. The summed E-state index contributed by atoms with van der Waals surface area (Å²) in [6.45, 7) is 5.25. The number of pyridine rings is 1. The van der Waals surface area contributed by atoms with Gasteiger partial charge in [-0.25, -0.2) is 19.3 Å². The van der Waals surface area contributed by atoms with Crippen molar-refractivity contribution >= 4 is 11.7 Å². The van der Waals surface area contributed by atoms with Crippen molar-refractivity contribution in [3.05, 3.63) is 71.6 Å². The predicted octanol–water partition coefficient (Wildman–Crippen LogP) is 4.37. The number of rotatable bonds is 5. The lowest BCUT2D eigenvalue weighted by Crippen LogP contribution is -2.48. The minimum absolute atomic E-state index is 0.104. The van der Waals surface area contributed by atoms with E-state index >= 15 is 0 Å². The van der Waals surface area contributed by atoms with Gasteiger partial charge in [0.25, 0.3) is 5.91 Å². The maximum atomic E-state index is 13.5. The number of aryl methyl sites for hydroxylation is 1. The molecule has 1 amide bonds. The molecule has 1 fully saturated rings. The molecular formula is C25H28FN5O2. The van der Waals surface area contributed by atoms with Crippen LogP contribution in [0.5, 0.6) is 11.6 Å². The third-order valence-corrected chi connectivity index (χ3v) is 5.82. The Morgan fingerprint density at radius 2 is 2.00 bits per heavy atom. The molecule has 0 aliphatic carbocycles. The monoisotopic (exact) mass is 449 g/mol. The molecule has 4 rings (SSSR count). The van der Waals surface area contributed by atoms with Crippen LogP contribution in [-0.2, 0) is 5.41 Å². The number of hydrogen-bond acceptors (Lipinski definition) is 6. The first-order valence-corrected chi connectivity index (χ1v) is 11.0. The molecule has 0 bridgehead atoms. The minimum atomic E-state index is -0.400. The van der Waals surface area contributed by atoms with Crippen LogP contribution in [0, 0.1) is 12.7 Å². The lowest BCUT2D eigenvalue weighted by Gasteiger charge is -2.39. The number of amides is 1. The molecule has 3 aromatic rings. The highest BCUT2D eigenvalue weighted by molar-refractivity contribution is 5.94. The maximum Gasteiger partial charge on any atom is 0.254 e. The number of anilines is 1. The van der Waals surface area contributed by atoms with Gasteiger partial charge in [0.05, 0.1) is 0 Å². The average Bonchev–Trinajstić information content (AvgIpc) is 2.78. The third kappa shape index (κ3) is 5.10. The third-order valence-electron chi connectivity index (χ3n) is 5.82. The Balaban J connectivity index is 1.54. The van der Waals surface area contributed by atoms with Crippen LogP contribution in [0.2, 0.25) is 0 Å². The Morgan fingerprint density at radius 1 is 1.18 bits per heavy atom. The number of ether oxygens (including phenoxy) is 1. The molecule has 0 unspecified atom stereocenters. The van der Waals surface area contributed by atoms with Gasteiger partial charge in [0.1, 0.15) is 23.2 Å². The minimum Gasteiger partial charge on any atom is -0.439 e. The number of nitrogens with zero attached hydrogens (tertiary/aromatic N) is 5. The molecule has 2 aromatic heterocycles. The number of halogens is 1. The Kier molecular flexibility index (Phi) is 6.26. The number of carbonyl (C=O) groups excluding carboxylic acids is 1. The van der Waals surface area contributed by atoms with Crippen LogP contribution in [0.1, 0.15) is 41.6 Å². The summed E-state index contributed by atoms with van der Waals surface area (Å²) in [5.41, 5.74) is 1.03. The number of likely N-dealkylation sites (tertiary alicyclic amines) is 1. The summed E-state index contributed by atoms with van der Waals surface area (Å²) >= 11 is 0. The lowest BCUT2D eigenvalue weighted by molar-refractivity contribution is 0.0643. The van der Waals surface area contributed by atoms with Crippen molar-refractivity contribution in [3.63, 3.8) is 0 Å². The summed E-state index contributed by atoms with van der Waals surface area (Å²) in [6, 6.07) is 11.0. The second kappa shape index (κ2) is 9.13. The number of hydrogen-bond donors (Lipinski definition) is 0. The number of carbonyl (C=O) groups is 1. The molecule has 1 saturated heterocycles. The van der Waals surface area contributed by atoms with E-state index in [4.69, 9.17) is 14.7 Å². The van der Waals surface area contributed by atoms with Gasteiger partial charge in [0.15, 0.2) is 0 Å². The largest absolute Gasteiger partial charge is 0.439 e. The fourth-order valence-corrected chi connectivity index (χ4v) is 4.08. The van der Waals surface area contributed by atoms with Crippen LogP contribution >= 0.6 is 0 Å². The zero-order valence-corrected chi connectivity index (χ0v) is 19.4. The van der Waals surface area contributed by atoms with Crippen LogP contribution in [0.3, 0.4) is 0 Å². The predicted molar refractivity (Wildman–Crippen MR) is 124 cm³/mol. The van der Waals surface area contributed by atoms with Gasteiger partial charge in [-0.2, -0.15) is 0 Å². The topological polar surface area (TPSA) is 71.5 Å². The summed E-state index contributed by atoms with van der Waals surface area (Å²) < 4.78 is 19.1. The normalized spacial score (nSPS) is 18.2. The van der Waals surface area contributed by atoms with Crippen LogP contribution < -0.4 is 9.64 Å². The fourth-order valence-electron chi connectivity index (χ4n) is 4.08. The van der Waals surface area contributed by atoms with Gasteiger partial charge < -0.3 is 14.5 Å². The van der Waals surface area contributed by atoms with Crippen LogP contribution in [0.25, 0.3) is 0 Å². The van der Waals surface area contributed by atoms with Crippen molar-refractivity contribution in [2.45, 2.75) is 32.1 Å². The van der Waals surface area contributed by atoms with Gasteiger partial charge >= 0.3 is 0 Å². The summed E-state index contributed by atoms with van der Waals surface area (Å²) in [4.78, 5) is 30.8. The number of benzene rings is 1. The van der Waals surface area contributed by atoms with E-state index in [-0.39, 0.29) is 17.2 Å². The SMILES string of the molecule is Cc1cc(N(C)C)nc([C@]2(C)CCCN(C(=O)c3ccnc(Oc4cccc(F)c4)c3)C2)n1. The standard InChI is InChI=1S/C25H28FN5O2/c1-17-13-21(30(3)4)29-24(28-17)25(2)10-6-12-31(16-25)23(32)18-9-11-27-22(14-18)33-20-8-5-7-19(26)15-20/h5,7-9,11,13-15H,6,10,12,16H2,1-4H3/t25-/m1/s1. The molecule has 3 heterocycles. The van der Waals surface area contributed by atoms with E-state index in [2.05, 4.69) is 11.9 Å². The Labute approximate surface area is 193 Å². The van der Waals surface area contributed by atoms with E-state index in [1.54, 1.807) is 24.3 Å². The highest BCUT2D eigenvalue weighted by Crippen LogP contribution is 2.33. The maximum absolute atomic E-state index is 13.5. The first-order valence-electron chi connectivity index (χ1n) is 11.0. The van der Waals surface area contributed by atoms with E-state index < -0.39 is 5.82 Å². The first kappa shape index (κ1) is 22.6. The van der Waals surface area contributed by atoms with Crippen LogP contribution in [-0.4, -0.2) is 52.9 Å². The summed E-state index contributed by atoms with van der Waals surface area (Å²) in [5, 5.41) is 0. The Morgan fingerprint density at radius 3 is 2.76 bits per heavy atom. The van der Waals surface area contributed by atoms with Gasteiger partial charge in [-0.1, -0.05) is 13.0 Å². The van der Waals surface area contributed by atoms with E-state index in [0.717, 1.165) is 30.2 Å². The molecule has 0 spiro atoms. The van der Waals surface area contributed by atoms with E-state index in [9.17, 15) is 9.18 Å². The van der Waals surface area contributed by atoms with Crippen molar-refractivity contribution in [2.75, 3.05) is 32.1 Å². The average molecular weight is 450 g/mol. The van der Waals surface area contributed by atoms with Gasteiger partial charge in [0.2, 0.25) is 5.88 Å². The summed E-state index contributed by atoms with van der Waals surface area (Å²) in [7, 11) is 3.91. The second-order valence-electron chi connectivity index (χ2n) is 8.92. The zero-order chi connectivity index (χ0) is 23.6. The fraction of sp³-hybridized carbons (Fsp3) is 0.360. The lowest BCUT2D eigenvalue weighted by atomic mass is 9.80. The van der Waals surface area contributed by atoms with Crippen molar-refractivity contribution in [1.29, 1.82) is 0 Å². The van der Waals surface area contributed by atoms with Crippen LogP contribution in [0.4, 0.5) is 10.2 Å². The van der Waals surface area contributed by atoms with Gasteiger partial charge in [-0.05, 0) is 38.0 Å². The first-order chi connectivity index (χ1) is 15.7. The molecule has 7 nitrogen and oxygen atoms in total. The van der Waals surface area contributed by atoms with Gasteiger partial charge in [0, 0.05) is 68.3 Å². The van der Waals surface area contributed by atoms with E-state index in [1.165, 1.54) is 18.3 Å². The highest BCUT2D eigenvalue weighted by Gasteiger charge is 2.37. The Hall–Kier alpha value is -3.55. The molecule has 1 aliphatic rings. The van der Waals surface area contributed by atoms with Crippen molar-refractivity contribution in [2.24, 2.45) is 0 Å². The number of piperidine rings is 1. The van der Waals surface area contributed by atoms with E-state index in [0.29, 0.717) is 24.4 Å². The molecule has 0 radical (unpaired) electrons. The summed E-state index contributed by atoms with van der Waals surface area (Å²) in [6.07, 6.45) is 3.28. The summed E-state index contributed by atoms with van der Waals surface area (Å²) in [5.74, 6) is 1.68.